The second kappa shape index (κ2) is 3.21. The molecule has 1 unspecified atom stereocenters. The quantitative estimate of drug-likeness (QED) is 0.714. The first-order valence-electron chi connectivity index (χ1n) is 5.17. The SMILES string of the molecule is NC1Cc2cccc(C3=CNCN=C3)c21. The average Bonchev–Trinajstić information content (AvgIpc) is 2.28. The summed E-state index contributed by atoms with van der Waals surface area (Å²) < 4.78 is 0. The van der Waals surface area contributed by atoms with Crippen molar-refractivity contribution in [3.8, 4) is 0 Å². The summed E-state index contributed by atoms with van der Waals surface area (Å²) in [5.41, 5.74) is 11.0. The van der Waals surface area contributed by atoms with Crippen molar-refractivity contribution in [3.63, 3.8) is 0 Å². The largest absolute Gasteiger partial charge is 0.372 e. The van der Waals surface area contributed by atoms with Crippen LogP contribution in [0, 0.1) is 0 Å². The third-order valence-electron chi connectivity index (χ3n) is 2.99. The van der Waals surface area contributed by atoms with Gasteiger partial charge in [0.1, 0.15) is 6.67 Å². The number of aliphatic imine (C=N–C) groups is 1. The van der Waals surface area contributed by atoms with Crippen molar-refractivity contribution in [1.29, 1.82) is 0 Å². The summed E-state index contributed by atoms with van der Waals surface area (Å²) in [6, 6.07) is 6.55. The molecule has 15 heavy (non-hydrogen) atoms. The number of nitrogens with one attached hydrogen (secondary N) is 1. The molecule has 1 heterocycles. The van der Waals surface area contributed by atoms with Crippen molar-refractivity contribution in [1.82, 2.24) is 5.32 Å². The van der Waals surface area contributed by atoms with E-state index in [-0.39, 0.29) is 6.04 Å². The second-order valence-electron chi connectivity index (χ2n) is 3.96. The number of hydrogen-bond donors (Lipinski definition) is 2. The minimum atomic E-state index is 0.201. The fraction of sp³-hybridized carbons (Fsp3) is 0.250. The molecule has 0 saturated heterocycles. The van der Waals surface area contributed by atoms with Gasteiger partial charge in [0.25, 0.3) is 0 Å². The molecular formula is C12H13N3. The Balaban J connectivity index is 2.09. The van der Waals surface area contributed by atoms with Crippen molar-refractivity contribution in [2.45, 2.75) is 12.5 Å². The van der Waals surface area contributed by atoms with Crippen molar-refractivity contribution in [3.05, 3.63) is 41.1 Å². The number of nitrogens with zero attached hydrogens (tertiary/aromatic N) is 1. The smallest absolute Gasteiger partial charge is 0.107 e. The molecule has 3 N–H and O–H groups in total. The van der Waals surface area contributed by atoms with Gasteiger partial charge in [-0.3, -0.25) is 4.99 Å². The van der Waals surface area contributed by atoms with E-state index < -0.39 is 0 Å². The highest BCUT2D eigenvalue weighted by Gasteiger charge is 2.26. The van der Waals surface area contributed by atoms with Crippen molar-refractivity contribution >= 4 is 11.8 Å². The summed E-state index contributed by atoms with van der Waals surface area (Å²) in [5, 5.41) is 3.12. The molecule has 0 radical (unpaired) electrons. The summed E-state index contributed by atoms with van der Waals surface area (Å²) in [7, 11) is 0. The number of fused-ring (bicyclic) bond motifs is 1. The van der Waals surface area contributed by atoms with Gasteiger partial charge in [-0.05, 0) is 23.1 Å². The van der Waals surface area contributed by atoms with Gasteiger partial charge in [0.2, 0.25) is 0 Å². The lowest BCUT2D eigenvalue weighted by atomic mass is 9.79. The monoisotopic (exact) mass is 199 g/mol. The molecule has 0 spiro atoms. The van der Waals surface area contributed by atoms with E-state index in [1.54, 1.807) is 0 Å². The summed E-state index contributed by atoms with van der Waals surface area (Å²) in [6.07, 6.45) is 4.92. The zero-order valence-electron chi connectivity index (χ0n) is 8.40. The van der Waals surface area contributed by atoms with Crippen LogP contribution in [0.4, 0.5) is 0 Å². The van der Waals surface area contributed by atoms with E-state index >= 15 is 0 Å². The topological polar surface area (TPSA) is 50.4 Å². The van der Waals surface area contributed by atoms with Gasteiger partial charge >= 0.3 is 0 Å². The molecule has 1 aromatic carbocycles. The highest BCUT2D eigenvalue weighted by atomic mass is 15.0. The molecule has 0 saturated carbocycles. The molecule has 0 aromatic heterocycles. The van der Waals surface area contributed by atoms with Gasteiger partial charge in [-0.1, -0.05) is 18.2 Å². The Morgan fingerprint density at radius 1 is 1.40 bits per heavy atom. The summed E-state index contributed by atoms with van der Waals surface area (Å²) >= 11 is 0. The van der Waals surface area contributed by atoms with Crippen LogP contribution in [0.3, 0.4) is 0 Å². The Labute approximate surface area is 88.7 Å². The van der Waals surface area contributed by atoms with Crippen LogP contribution < -0.4 is 11.1 Å². The van der Waals surface area contributed by atoms with Crippen LogP contribution in [-0.2, 0) is 6.42 Å². The molecule has 1 atom stereocenters. The van der Waals surface area contributed by atoms with Crippen LogP contribution in [0.2, 0.25) is 0 Å². The Hall–Kier alpha value is -1.61. The van der Waals surface area contributed by atoms with E-state index in [1.807, 2.05) is 12.4 Å². The molecule has 1 aliphatic heterocycles. The predicted octanol–water partition coefficient (Wildman–Crippen LogP) is 1.21. The molecule has 1 aromatic rings. The minimum absolute atomic E-state index is 0.201. The van der Waals surface area contributed by atoms with E-state index in [0.717, 1.165) is 12.0 Å². The first-order valence-corrected chi connectivity index (χ1v) is 5.17. The second-order valence-corrected chi connectivity index (χ2v) is 3.96. The van der Waals surface area contributed by atoms with E-state index in [0.29, 0.717) is 6.67 Å². The van der Waals surface area contributed by atoms with Crippen LogP contribution in [-0.4, -0.2) is 12.9 Å². The summed E-state index contributed by atoms with van der Waals surface area (Å²) in [5.74, 6) is 0. The normalized spacial score (nSPS) is 22.5. The minimum Gasteiger partial charge on any atom is -0.372 e. The lowest BCUT2D eigenvalue weighted by Gasteiger charge is -2.30. The fourth-order valence-corrected chi connectivity index (χ4v) is 2.23. The van der Waals surface area contributed by atoms with Gasteiger partial charge in [0, 0.05) is 24.0 Å². The van der Waals surface area contributed by atoms with Crippen LogP contribution >= 0.6 is 0 Å². The lowest BCUT2D eigenvalue weighted by molar-refractivity contribution is 0.634. The Kier molecular flexibility index (Phi) is 1.86. The van der Waals surface area contributed by atoms with Crippen molar-refractivity contribution in [2.75, 3.05) is 6.67 Å². The van der Waals surface area contributed by atoms with Crippen LogP contribution in [0.5, 0.6) is 0 Å². The zero-order chi connectivity index (χ0) is 10.3. The maximum absolute atomic E-state index is 6.01. The maximum atomic E-state index is 6.01. The molecule has 1 aliphatic carbocycles. The van der Waals surface area contributed by atoms with Gasteiger partial charge in [-0.15, -0.1) is 0 Å². The Bertz CT molecular complexity index is 460. The van der Waals surface area contributed by atoms with Crippen LogP contribution in [0.1, 0.15) is 22.7 Å². The van der Waals surface area contributed by atoms with E-state index in [9.17, 15) is 0 Å². The van der Waals surface area contributed by atoms with Crippen LogP contribution in [0.15, 0.2) is 29.4 Å². The summed E-state index contributed by atoms with van der Waals surface area (Å²) in [6.45, 7) is 0.671. The van der Waals surface area contributed by atoms with Crippen LogP contribution in [0.25, 0.3) is 5.57 Å². The Morgan fingerprint density at radius 2 is 2.33 bits per heavy atom. The van der Waals surface area contributed by atoms with Gasteiger partial charge in [0.15, 0.2) is 0 Å². The molecule has 2 aliphatic rings. The van der Waals surface area contributed by atoms with Gasteiger partial charge < -0.3 is 11.1 Å². The number of nitrogens with two attached hydrogens (primary N) is 1. The number of hydrogen-bond acceptors (Lipinski definition) is 3. The molecule has 0 bridgehead atoms. The standard InChI is InChI=1S/C12H13N3/c13-11-4-8-2-1-3-10(12(8)11)9-5-14-7-15-6-9/h1-3,5-6,11,14H,4,7,13H2. The molecule has 3 rings (SSSR count). The molecular weight excluding hydrogens is 186 g/mol. The van der Waals surface area contributed by atoms with Gasteiger partial charge in [-0.2, -0.15) is 0 Å². The Morgan fingerprint density at radius 3 is 3.07 bits per heavy atom. The van der Waals surface area contributed by atoms with Gasteiger partial charge in [0.05, 0.1) is 0 Å². The third kappa shape index (κ3) is 1.27. The van der Waals surface area contributed by atoms with E-state index in [2.05, 4.69) is 28.5 Å². The molecule has 0 fully saturated rings. The number of rotatable bonds is 1. The predicted molar refractivity (Wildman–Crippen MR) is 61.5 cm³/mol. The zero-order valence-corrected chi connectivity index (χ0v) is 8.40. The first-order chi connectivity index (χ1) is 7.36. The fourth-order valence-electron chi connectivity index (χ4n) is 2.23. The van der Waals surface area contributed by atoms with E-state index in [1.165, 1.54) is 16.7 Å². The number of allylic oxidation sites excluding steroid dienone is 1. The maximum Gasteiger partial charge on any atom is 0.107 e. The van der Waals surface area contributed by atoms with E-state index in [4.69, 9.17) is 5.73 Å². The number of benzene rings is 1. The van der Waals surface area contributed by atoms with Crippen molar-refractivity contribution in [2.24, 2.45) is 10.7 Å². The molecule has 0 amide bonds. The van der Waals surface area contributed by atoms with Crippen molar-refractivity contribution < 1.29 is 0 Å². The average molecular weight is 199 g/mol. The molecule has 3 heteroatoms. The van der Waals surface area contributed by atoms with Gasteiger partial charge in [-0.25, -0.2) is 0 Å². The molecule has 76 valence electrons. The molecule has 3 nitrogen and oxygen atoms in total. The first kappa shape index (κ1) is 8.68. The summed E-state index contributed by atoms with van der Waals surface area (Å²) in [4.78, 5) is 4.21. The highest BCUT2D eigenvalue weighted by Crippen LogP contribution is 2.36. The lowest BCUT2D eigenvalue weighted by Crippen LogP contribution is -2.27. The highest BCUT2D eigenvalue weighted by molar-refractivity contribution is 6.11. The third-order valence-corrected chi connectivity index (χ3v) is 2.99.